The Hall–Kier alpha value is -2.79. The van der Waals surface area contributed by atoms with Gasteiger partial charge in [-0.05, 0) is 29.7 Å². The fourth-order valence-corrected chi connectivity index (χ4v) is 3.00. The number of nitrogens with one attached hydrogen (secondary N) is 1. The number of hydrogen-bond acceptors (Lipinski definition) is 3. The molecule has 2 aromatic carbocycles. The lowest BCUT2D eigenvalue weighted by molar-refractivity contribution is -0.711. The summed E-state index contributed by atoms with van der Waals surface area (Å²) in [5.74, 6) is -1.04. The van der Waals surface area contributed by atoms with Crippen molar-refractivity contribution in [3.63, 3.8) is 0 Å². The zero-order valence-electron chi connectivity index (χ0n) is 14.5. The minimum Gasteiger partial charge on any atom is -0.550 e. The van der Waals surface area contributed by atoms with Gasteiger partial charge in [-0.2, -0.15) is 0 Å². The van der Waals surface area contributed by atoms with E-state index < -0.39 is 5.97 Å². The number of carboxylic acid groups (broad SMARTS) is 1. The van der Waals surface area contributed by atoms with Crippen LogP contribution in [0.2, 0.25) is 0 Å². The van der Waals surface area contributed by atoms with E-state index in [2.05, 4.69) is 34.1 Å². The number of carboxylic acids is 1. The van der Waals surface area contributed by atoms with Crippen molar-refractivity contribution in [1.29, 1.82) is 0 Å². The number of benzene rings is 2. The first kappa shape index (κ1) is 17.0. The Balaban J connectivity index is 1.75. The van der Waals surface area contributed by atoms with E-state index >= 15 is 0 Å². The van der Waals surface area contributed by atoms with Crippen LogP contribution in [0.15, 0.2) is 54.6 Å². The molecule has 0 saturated carbocycles. The molecule has 3 N–H and O–H groups in total. The molecule has 1 atom stereocenters. The Kier molecular flexibility index (Phi) is 5.05. The van der Waals surface area contributed by atoms with Gasteiger partial charge in [-0.3, -0.25) is 0 Å². The van der Waals surface area contributed by atoms with Gasteiger partial charge in [0.25, 0.3) is 0 Å². The summed E-state index contributed by atoms with van der Waals surface area (Å²) in [6.45, 7) is 0.709. The smallest absolute Gasteiger partial charge is 0.132 e. The van der Waals surface area contributed by atoms with E-state index in [1.54, 1.807) is 0 Å². The maximum Gasteiger partial charge on any atom is 0.132 e. The molecule has 0 fully saturated rings. The maximum absolute atomic E-state index is 11.2. The number of carbonyl (C=O) groups excluding carboxylic acids is 1. The summed E-state index contributed by atoms with van der Waals surface area (Å²) >= 11 is 0. The van der Waals surface area contributed by atoms with E-state index in [1.807, 2.05) is 49.7 Å². The van der Waals surface area contributed by atoms with E-state index in [9.17, 15) is 9.90 Å². The average Bonchev–Trinajstić information content (AvgIpc) is 3.02. The molecule has 1 aromatic heterocycles. The van der Waals surface area contributed by atoms with Gasteiger partial charge in [0.15, 0.2) is 0 Å². The number of hydrogen-bond donors (Lipinski definition) is 2. The Labute approximate surface area is 147 Å². The number of fused-ring (bicyclic) bond motifs is 1. The molecule has 130 valence electrons. The first-order chi connectivity index (χ1) is 12.0. The molecule has 0 aliphatic rings. The number of para-hydroxylation sites is 1. The molecule has 1 heterocycles. The number of anilines is 1. The molecule has 0 aliphatic heterocycles. The Bertz CT molecular complexity index is 820. The number of aromatic amines is 1. The average molecular weight is 337 g/mol. The van der Waals surface area contributed by atoms with Crippen LogP contribution < -0.4 is 15.3 Å². The Morgan fingerprint density at radius 3 is 2.52 bits per heavy atom. The highest BCUT2D eigenvalue weighted by atomic mass is 16.4. The van der Waals surface area contributed by atoms with Crippen LogP contribution in [-0.4, -0.2) is 25.0 Å². The fraction of sp³-hybridized carbons (Fsp3) is 0.250. The standard InChI is InChI=1S/C20H23N3O2/c1-23(2)16-9-7-14(8-10-16)13-21-18(12-20(24)25)19-11-15-5-3-4-6-17(15)22-19/h3-11,18,21-22H,12-13H2,1-2H3,(H,24,25). The van der Waals surface area contributed by atoms with Crippen LogP contribution in [0.3, 0.4) is 0 Å². The predicted octanol–water partition coefficient (Wildman–Crippen LogP) is 1.18. The van der Waals surface area contributed by atoms with Crippen LogP contribution in [0.5, 0.6) is 0 Å². The molecule has 3 rings (SSSR count). The van der Waals surface area contributed by atoms with Crippen LogP contribution in [0.25, 0.3) is 10.9 Å². The maximum atomic E-state index is 11.2. The summed E-state index contributed by atoms with van der Waals surface area (Å²) < 4.78 is 0. The van der Waals surface area contributed by atoms with Gasteiger partial charge in [0.1, 0.15) is 12.6 Å². The number of H-pyrrole nitrogens is 1. The highest BCUT2D eigenvalue weighted by Crippen LogP contribution is 2.20. The van der Waals surface area contributed by atoms with Gasteiger partial charge < -0.3 is 25.1 Å². The highest BCUT2D eigenvalue weighted by molar-refractivity contribution is 5.80. The summed E-state index contributed by atoms with van der Waals surface area (Å²) in [4.78, 5) is 16.6. The second kappa shape index (κ2) is 7.40. The second-order valence-corrected chi connectivity index (χ2v) is 6.50. The Morgan fingerprint density at radius 2 is 1.88 bits per heavy atom. The number of nitrogens with two attached hydrogens (primary N) is 1. The van der Waals surface area contributed by atoms with E-state index in [4.69, 9.17) is 0 Å². The molecule has 0 spiro atoms. The minimum absolute atomic E-state index is 0.0252. The highest BCUT2D eigenvalue weighted by Gasteiger charge is 2.18. The molecule has 1 unspecified atom stereocenters. The number of aliphatic carboxylic acids is 1. The lowest BCUT2D eigenvalue weighted by Crippen LogP contribution is -2.84. The van der Waals surface area contributed by atoms with Crippen molar-refractivity contribution in [2.75, 3.05) is 19.0 Å². The quantitative estimate of drug-likeness (QED) is 0.680. The lowest BCUT2D eigenvalue weighted by Gasteiger charge is -2.16. The summed E-state index contributed by atoms with van der Waals surface area (Å²) in [5, 5.41) is 14.3. The van der Waals surface area contributed by atoms with Gasteiger partial charge >= 0.3 is 0 Å². The summed E-state index contributed by atoms with van der Waals surface area (Å²) in [7, 11) is 4.01. The van der Waals surface area contributed by atoms with Crippen molar-refractivity contribution in [3.05, 3.63) is 65.9 Å². The van der Waals surface area contributed by atoms with E-state index in [-0.39, 0.29) is 12.5 Å². The number of aromatic nitrogens is 1. The third-order valence-corrected chi connectivity index (χ3v) is 4.43. The topological polar surface area (TPSA) is 75.8 Å². The van der Waals surface area contributed by atoms with Gasteiger partial charge in [0.2, 0.25) is 0 Å². The second-order valence-electron chi connectivity index (χ2n) is 6.50. The van der Waals surface area contributed by atoms with Crippen molar-refractivity contribution in [2.45, 2.75) is 19.0 Å². The first-order valence-electron chi connectivity index (χ1n) is 8.40. The lowest BCUT2D eigenvalue weighted by atomic mass is 10.1. The molecule has 5 heteroatoms. The molecule has 5 nitrogen and oxygen atoms in total. The molecular formula is C20H23N3O2. The van der Waals surface area contributed by atoms with Crippen molar-refractivity contribution >= 4 is 22.6 Å². The van der Waals surface area contributed by atoms with Crippen molar-refractivity contribution in [3.8, 4) is 0 Å². The van der Waals surface area contributed by atoms with Gasteiger partial charge in [-0.1, -0.05) is 30.3 Å². The van der Waals surface area contributed by atoms with E-state index in [1.165, 1.54) is 0 Å². The summed E-state index contributed by atoms with van der Waals surface area (Å²) in [6, 6.07) is 18.1. The van der Waals surface area contributed by atoms with Crippen molar-refractivity contribution in [1.82, 2.24) is 4.98 Å². The van der Waals surface area contributed by atoms with Crippen LogP contribution in [0.4, 0.5) is 5.69 Å². The van der Waals surface area contributed by atoms with Crippen molar-refractivity contribution < 1.29 is 15.2 Å². The molecule has 0 amide bonds. The first-order valence-corrected chi connectivity index (χ1v) is 8.40. The monoisotopic (exact) mass is 337 g/mol. The molecule has 0 bridgehead atoms. The van der Waals surface area contributed by atoms with Crippen LogP contribution in [0.1, 0.15) is 23.7 Å². The van der Waals surface area contributed by atoms with Crippen molar-refractivity contribution in [2.24, 2.45) is 0 Å². The van der Waals surface area contributed by atoms with Crippen LogP contribution in [0, 0.1) is 0 Å². The predicted molar refractivity (Wildman–Crippen MR) is 97.1 cm³/mol. The van der Waals surface area contributed by atoms with E-state index in [0.717, 1.165) is 27.8 Å². The summed E-state index contributed by atoms with van der Waals surface area (Å²) in [5.41, 5.74) is 4.23. The van der Waals surface area contributed by atoms with Gasteiger partial charge in [0.05, 0.1) is 5.69 Å². The molecule has 0 saturated heterocycles. The number of rotatable bonds is 7. The molecule has 3 aromatic rings. The minimum atomic E-state index is -1.04. The zero-order chi connectivity index (χ0) is 17.8. The zero-order valence-corrected chi connectivity index (χ0v) is 14.5. The van der Waals surface area contributed by atoms with Gasteiger partial charge in [0, 0.05) is 43.3 Å². The molecule has 25 heavy (non-hydrogen) atoms. The largest absolute Gasteiger partial charge is 0.550 e. The molecule has 0 aliphatic carbocycles. The fourth-order valence-electron chi connectivity index (χ4n) is 3.00. The number of nitrogens with zero attached hydrogens (tertiary/aromatic N) is 1. The van der Waals surface area contributed by atoms with Gasteiger partial charge in [-0.15, -0.1) is 0 Å². The third-order valence-electron chi connectivity index (χ3n) is 4.43. The SMILES string of the molecule is CN(C)c1ccc(C[NH2+]C(CC(=O)[O-])c2cc3ccccc3[nH]2)cc1. The third kappa shape index (κ3) is 4.19. The Morgan fingerprint density at radius 1 is 1.16 bits per heavy atom. The summed E-state index contributed by atoms with van der Waals surface area (Å²) in [6.07, 6.45) is -0.0252. The normalized spacial score (nSPS) is 12.2. The number of quaternary nitrogens is 1. The molecule has 0 radical (unpaired) electrons. The number of carbonyl (C=O) groups is 1. The molecular weight excluding hydrogens is 314 g/mol. The van der Waals surface area contributed by atoms with Gasteiger partial charge in [-0.25, -0.2) is 0 Å². The van der Waals surface area contributed by atoms with Crippen LogP contribution in [-0.2, 0) is 11.3 Å². The van der Waals surface area contributed by atoms with Crippen LogP contribution >= 0.6 is 0 Å². The van der Waals surface area contributed by atoms with E-state index in [0.29, 0.717) is 6.54 Å².